The van der Waals surface area contributed by atoms with Gasteiger partial charge in [-0.2, -0.15) is 0 Å². The van der Waals surface area contributed by atoms with Gasteiger partial charge < -0.3 is 8.83 Å². The van der Waals surface area contributed by atoms with Gasteiger partial charge in [-0.1, -0.05) is 68.4 Å². The van der Waals surface area contributed by atoms with Gasteiger partial charge in [0.2, 0.25) is 0 Å². The molecule has 35 heavy (non-hydrogen) atoms. The average Bonchev–Trinajstić information content (AvgIpc) is 3.51. The predicted octanol–water partition coefficient (Wildman–Crippen LogP) is 9.46. The molecule has 2 nitrogen and oxygen atoms in total. The van der Waals surface area contributed by atoms with Crippen LogP contribution in [-0.2, 0) is 5.41 Å². The third kappa shape index (κ3) is 2.49. The van der Waals surface area contributed by atoms with E-state index in [1.165, 1.54) is 38.8 Å². The summed E-state index contributed by atoms with van der Waals surface area (Å²) in [4.78, 5) is 0. The van der Waals surface area contributed by atoms with E-state index in [0.717, 1.165) is 38.5 Å². The highest BCUT2D eigenvalue weighted by Gasteiger charge is 2.35. The number of para-hydroxylation sites is 1. The second-order valence-corrected chi connectivity index (χ2v) is 10.2. The van der Waals surface area contributed by atoms with Gasteiger partial charge in [0.15, 0.2) is 0 Å². The molecule has 2 aromatic heterocycles. The summed E-state index contributed by atoms with van der Waals surface area (Å²) >= 11 is 0. The molecule has 0 fully saturated rings. The van der Waals surface area contributed by atoms with E-state index in [-0.39, 0.29) is 5.41 Å². The molecule has 2 heteroatoms. The number of rotatable bonds is 1. The van der Waals surface area contributed by atoms with Crippen LogP contribution in [0.15, 0.2) is 106 Å². The van der Waals surface area contributed by atoms with Gasteiger partial charge in [0.1, 0.15) is 22.3 Å². The molecule has 0 N–H and O–H groups in total. The van der Waals surface area contributed by atoms with Gasteiger partial charge in [-0.05, 0) is 75.8 Å². The first-order valence-electron chi connectivity index (χ1n) is 12.1. The Morgan fingerprint density at radius 3 is 1.86 bits per heavy atom. The largest absolute Gasteiger partial charge is 0.456 e. The molecule has 0 aliphatic heterocycles. The number of furan rings is 2. The molecule has 0 bridgehead atoms. The molecular weight excluding hydrogens is 428 g/mol. The SMILES string of the molecule is CC1(C)c2ccccc2-c2cc3c(cc21)oc1ccc(-c2ccc4oc5ccccc5c4c2)cc13. The van der Waals surface area contributed by atoms with E-state index in [2.05, 4.69) is 98.8 Å². The van der Waals surface area contributed by atoms with Crippen molar-refractivity contribution in [3.8, 4) is 22.3 Å². The number of hydrogen-bond acceptors (Lipinski definition) is 2. The molecule has 0 saturated heterocycles. The summed E-state index contributed by atoms with van der Waals surface area (Å²) in [6.45, 7) is 4.61. The molecule has 0 saturated carbocycles. The van der Waals surface area contributed by atoms with Crippen LogP contribution >= 0.6 is 0 Å². The second kappa shape index (κ2) is 6.43. The minimum Gasteiger partial charge on any atom is -0.456 e. The van der Waals surface area contributed by atoms with Crippen LogP contribution in [-0.4, -0.2) is 0 Å². The van der Waals surface area contributed by atoms with Gasteiger partial charge in [-0.3, -0.25) is 0 Å². The maximum Gasteiger partial charge on any atom is 0.135 e. The van der Waals surface area contributed by atoms with Crippen molar-refractivity contribution in [3.05, 3.63) is 108 Å². The first-order chi connectivity index (χ1) is 17.1. The summed E-state index contributed by atoms with van der Waals surface area (Å²) in [7, 11) is 0. The van der Waals surface area contributed by atoms with Gasteiger partial charge in [0, 0.05) is 27.0 Å². The molecule has 0 atom stereocenters. The maximum absolute atomic E-state index is 6.36. The van der Waals surface area contributed by atoms with Gasteiger partial charge in [0.05, 0.1) is 0 Å². The highest BCUT2D eigenvalue weighted by Crippen LogP contribution is 2.50. The molecule has 2 heterocycles. The van der Waals surface area contributed by atoms with E-state index >= 15 is 0 Å². The number of hydrogen-bond donors (Lipinski definition) is 0. The molecule has 166 valence electrons. The fraction of sp³-hybridized carbons (Fsp3) is 0.0909. The van der Waals surface area contributed by atoms with E-state index < -0.39 is 0 Å². The maximum atomic E-state index is 6.36. The Balaban J connectivity index is 1.35. The van der Waals surface area contributed by atoms with Crippen LogP contribution < -0.4 is 0 Å². The Hall–Kier alpha value is -4.30. The normalized spacial score (nSPS) is 14.2. The van der Waals surface area contributed by atoms with E-state index in [9.17, 15) is 0 Å². The van der Waals surface area contributed by atoms with Crippen molar-refractivity contribution < 1.29 is 8.83 Å². The molecule has 0 spiro atoms. The topological polar surface area (TPSA) is 26.3 Å². The number of benzene rings is 5. The lowest BCUT2D eigenvalue weighted by molar-refractivity contribution is 0.647. The smallest absolute Gasteiger partial charge is 0.135 e. The summed E-state index contributed by atoms with van der Waals surface area (Å²) in [6.07, 6.45) is 0. The lowest BCUT2D eigenvalue weighted by atomic mass is 9.82. The summed E-state index contributed by atoms with van der Waals surface area (Å²) in [5, 5.41) is 4.62. The van der Waals surface area contributed by atoms with E-state index in [1.807, 2.05) is 12.1 Å². The van der Waals surface area contributed by atoms with E-state index in [4.69, 9.17) is 8.83 Å². The summed E-state index contributed by atoms with van der Waals surface area (Å²) in [5.41, 5.74) is 11.4. The van der Waals surface area contributed by atoms with Crippen LogP contribution in [0.1, 0.15) is 25.0 Å². The van der Waals surface area contributed by atoms with Crippen LogP contribution in [0.2, 0.25) is 0 Å². The Labute approximate surface area is 202 Å². The van der Waals surface area contributed by atoms with Crippen molar-refractivity contribution in [2.24, 2.45) is 0 Å². The van der Waals surface area contributed by atoms with Crippen molar-refractivity contribution in [2.75, 3.05) is 0 Å². The average molecular weight is 451 g/mol. The fourth-order valence-corrected chi connectivity index (χ4v) is 6.06. The monoisotopic (exact) mass is 450 g/mol. The lowest BCUT2D eigenvalue weighted by Gasteiger charge is -2.21. The van der Waals surface area contributed by atoms with Gasteiger partial charge in [-0.15, -0.1) is 0 Å². The standard InChI is InChI=1S/C33H22O2/c1-33(2)27-9-5-3-7-21(27)23-17-26-25-16-20(12-14-31(25)35-32(26)18-28(23)33)19-11-13-30-24(15-19)22-8-4-6-10-29(22)34-30/h3-18H,1-2H3. The van der Waals surface area contributed by atoms with Crippen LogP contribution in [0.4, 0.5) is 0 Å². The Morgan fingerprint density at radius 2 is 1.06 bits per heavy atom. The zero-order chi connectivity index (χ0) is 23.3. The zero-order valence-corrected chi connectivity index (χ0v) is 19.6. The van der Waals surface area contributed by atoms with Crippen LogP contribution in [0.5, 0.6) is 0 Å². The van der Waals surface area contributed by atoms with Crippen molar-refractivity contribution in [2.45, 2.75) is 19.3 Å². The summed E-state index contributed by atoms with van der Waals surface area (Å²) in [5.74, 6) is 0. The van der Waals surface area contributed by atoms with Crippen molar-refractivity contribution >= 4 is 43.9 Å². The quantitative estimate of drug-likeness (QED) is 0.249. The Morgan fingerprint density at radius 1 is 0.457 bits per heavy atom. The Bertz CT molecular complexity index is 1980. The van der Waals surface area contributed by atoms with Crippen LogP contribution in [0, 0.1) is 0 Å². The highest BCUT2D eigenvalue weighted by atomic mass is 16.3. The van der Waals surface area contributed by atoms with E-state index in [0.29, 0.717) is 0 Å². The minimum absolute atomic E-state index is 0.0347. The molecule has 1 aliphatic carbocycles. The van der Waals surface area contributed by atoms with Gasteiger partial charge in [0.25, 0.3) is 0 Å². The summed E-state index contributed by atoms with van der Waals surface area (Å²) < 4.78 is 12.4. The second-order valence-electron chi connectivity index (χ2n) is 10.2. The molecule has 0 amide bonds. The summed E-state index contributed by atoms with van der Waals surface area (Å²) in [6, 6.07) is 34.6. The molecule has 0 radical (unpaired) electrons. The molecule has 5 aromatic carbocycles. The molecular formula is C33H22O2. The molecule has 1 aliphatic rings. The van der Waals surface area contributed by atoms with Gasteiger partial charge in [-0.25, -0.2) is 0 Å². The number of fused-ring (bicyclic) bond motifs is 9. The molecule has 8 rings (SSSR count). The minimum atomic E-state index is -0.0347. The Kier molecular flexibility index (Phi) is 3.50. The first kappa shape index (κ1) is 19.1. The third-order valence-corrected chi connectivity index (χ3v) is 7.88. The van der Waals surface area contributed by atoms with Crippen molar-refractivity contribution in [1.82, 2.24) is 0 Å². The molecule has 0 unspecified atom stereocenters. The van der Waals surface area contributed by atoms with Gasteiger partial charge >= 0.3 is 0 Å². The van der Waals surface area contributed by atoms with E-state index in [1.54, 1.807) is 0 Å². The first-order valence-corrected chi connectivity index (χ1v) is 12.1. The molecule has 7 aromatic rings. The third-order valence-electron chi connectivity index (χ3n) is 7.88. The fourth-order valence-electron chi connectivity index (χ4n) is 6.06. The van der Waals surface area contributed by atoms with Crippen molar-refractivity contribution in [3.63, 3.8) is 0 Å². The van der Waals surface area contributed by atoms with Crippen molar-refractivity contribution in [1.29, 1.82) is 0 Å². The highest BCUT2D eigenvalue weighted by molar-refractivity contribution is 6.10. The van der Waals surface area contributed by atoms with Crippen LogP contribution in [0.25, 0.3) is 66.1 Å². The zero-order valence-electron chi connectivity index (χ0n) is 19.6. The van der Waals surface area contributed by atoms with Crippen LogP contribution in [0.3, 0.4) is 0 Å². The predicted molar refractivity (Wildman–Crippen MR) is 144 cm³/mol. The lowest BCUT2D eigenvalue weighted by Crippen LogP contribution is -2.14.